The van der Waals surface area contributed by atoms with Crippen molar-refractivity contribution in [1.82, 2.24) is 15.6 Å². The van der Waals surface area contributed by atoms with E-state index < -0.39 is 4.92 Å². The molecule has 1 aromatic heterocycles. The number of hydrogen-bond acceptors (Lipinski definition) is 5. The Kier molecular flexibility index (Phi) is 5.58. The van der Waals surface area contributed by atoms with Crippen LogP contribution < -0.4 is 5.43 Å². The predicted molar refractivity (Wildman–Crippen MR) is 106 cm³/mol. The summed E-state index contributed by atoms with van der Waals surface area (Å²) in [5, 5.41) is 21.8. The zero-order valence-electron chi connectivity index (χ0n) is 16.4. The molecule has 2 aromatic rings. The maximum absolute atomic E-state index is 12.5. The molecule has 1 aliphatic carbocycles. The summed E-state index contributed by atoms with van der Waals surface area (Å²) < 4.78 is 0. The molecule has 0 saturated carbocycles. The van der Waals surface area contributed by atoms with Gasteiger partial charge in [-0.15, -0.1) is 0 Å². The number of benzene rings is 1. The van der Waals surface area contributed by atoms with Crippen molar-refractivity contribution in [2.24, 2.45) is 16.4 Å². The zero-order chi connectivity index (χ0) is 20.3. The SMILES string of the molecule is CCC(C)(C)C1CCc2[nH]nc(C(=O)NN=Cc3ccc([N+](=O)[O-])cc3)c2C1. The van der Waals surface area contributed by atoms with E-state index in [2.05, 4.69) is 41.5 Å². The molecule has 28 heavy (non-hydrogen) atoms. The molecule has 0 aliphatic heterocycles. The number of nitrogens with one attached hydrogen (secondary N) is 2. The lowest BCUT2D eigenvalue weighted by Gasteiger charge is -2.36. The molecule has 0 fully saturated rings. The van der Waals surface area contributed by atoms with Gasteiger partial charge in [-0.2, -0.15) is 10.2 Å². The number of aryl methyl sites for hydroxylation is 1. The number of carbonyl (C=O) groups excluding carboxylic acids is 1. The zero-order valence-corrected chi connectivity index (χ0v) is 16.4. The minimum atomic E-state index is -0.462. The number of aromatic amines is 1. The Morgan fingerprint density at radius 1 is 1.43 bits per heavy atom. The van der Waals surface area contributed by atoms with Gasteiger partial charge in [-0.05, 0) is 48.3 Å². The third kappa shape index (κ3) is 4.11. The van der Waals surface area contributed by atoms with Crippen LogP contribution in [0.5, 0.6) is 0 Å². The molecule has 1 atom stereocenters. The van der Waals surface area contributed by atoms with Crippen LogP contribution in [0, 0.1) is 21.4 Å². The van der Waals surface area contributed by atoms with Crippen molar-refractivity contribution in [2.45, 2.75) is 46.5 Å². The second-order valence-electron chi connectivity index (χ2n) is 7.86. The highest BCUT2D eigenvalue weighted by Crippen LogP contribution is 2.40. The van der Waals surface area contributed by atoms with Crippen molar-refractivity contribution in [3.05, 3.63) is 56.9 Å². The maximum Gasteiger partial charge on any atom is 0.292 e. The molecular weight excluding hydrogens is 358 g/mol. The average Bonchev–Trinajstić information content (AvgIpc) is 3.11. The molecule has 3 rings (SSSR count). The fraction of sp³-hybridized carbons (Fsp3) is 0.450. The predicted octanol–water partition coefficient (Wildman–Crippen LogP) is 3.62. The van der Waals surface area contributed by atoms with Gasteiger partial charge in [0, 0.05) is 23.4 Å². The van der Waals surface area contributed by atoms with E-state index in [0.29, 0.717) is 17.2 Å². The standard InChI is InChI=1S/C20H25N5O3/c1-4-20(2,3)14-7-10-17-16(11-14)18(23-22-17)19(26)24-21-12-13-5-8-15(9-6-13)25(27)28/h5-6,8-9,12,14H,4,7,10-11H2,1-3H3,(H,22,23)(H,24,26). The summed E-state index contributed by atoms with van der Waals surface area (Å²) in [5.74, 6) is 0.156. The molecule has 0 saturated heterocycles. The van der Waals surface area contributed by atoms with E-state index in [-0.39, 0.29) is 17.0 Å². The molecule has 0 spiro atoms. The Morgan fingerprint density at radius 3 is 2.79 bits per heavy atom. The molecule has 1 unspecified atom stereocenters. The average molecular weight is 383 g/mol. The molecule has 148 valence electrons. The lowest BCUT2D eigenvalue weighted by molar-refractivity contribution is -0.384. The molecule has 8 nitrogen and oxygen atoms in total. The van der Waals surface area contributed by atoms with Crippen molar-refractivity contribution in [3.8, 4) is 0 Å². The van der Waals surface area contributed by atoms with Crippen LogP contribution in [0.3, 0.4) is 0 Å². The first-order valence-corrected chi connectivity index (χ1v) is 9.45. The lowest BCUT2D eigenvalue weighted by atomic mass is 9.69. The molecule has 2 N–H and O–H groups in total. The van der Waals surface area contributed by atoms with Gasteiger partial charge in [0.1, 0.15) is 0 Å². The summed E-state index contributed by atoms with van der Waals surface area (Å²) in [6, 6.07) is 5.93. The van der Waals surface area contributed by atoms with E-state index >= 15 is 0 Å². The molecule has 1 aromatic carbocycles. The summed E-state index contributed by atoms with van der Waals surface area (Å²) in [6.45, 7) is 6.75. The minimum absolute atomic E-state index is 0.00824. The highest BCUT2D eigenvalue weighted by atomic mass is 16.6. The normalized spacial score (nSPS) is 16.8. The Morgan fingerprint density at radius 2 is 2.14 bits per heavy atom. The van der Waals surface area contributed by atoms with Crippen molar-refractivity contribution in [1.29, 1.82) is 0 Å². The molecule has 1 aliphatic rings. The number of non-ortho nitro benzene ring substituents is 1. The second kappa shape index (κ2) is 7.92. The van der Waals surface area contributed by atoms with Gasteiger partial charge in [0.25, 0.3) is 11.6 Å². The van der Waals surface area contributed by atoms with Crippen LogP contribution in [0.15, 0.2) is 29.4 Å². The molecule has 1 amide bonds. The summed E-state index contributed by atoms with van der Waals surface area (Å²) in [7, 11) is 0. The summed E-state index contributed by atoms with van der Waals surface area (Å²) >= 11 is 0. The van der Waals surface area contributed by atoms with E-state index in [1.165, 1.54) is 18.3 Å². The number of fused-ring (bicyclic) bond motifs is 1. The van der Waals surface area contributed by atoms with Crippen LogP contribution in [0.2, 0.25) is 0 Å². The number of amides is 1. The molecule has 8 heteroatoms. The Bertz CT molecular complexity index is 899. The van der Waals surface area contributed by atoms with E-state index in [1.807, 2.05) is 0 Å². The van der Waals surface area contributed by atoms with Crippen LogP contribution in [0.4, 0.5) is 5.69 Å². The number of nitro groups is 1. The summed E-state index contributed by atoms with van der Waals surface area (Å²) in [6.07, 6.45) is 5.36. The maximum atomic E-state index is 12.5. The second-order valence-corrected chi connectivity index (χ2v) is 7.86. The van der Waals surface area contributed by atoms with Gasteiger partial charge in [-0.1, -0.05) is 27.2 Å². The number of hydrazone groups is 1. The van der Waals surface area contributed by atoms with Gasteiger partial charge < -0.3 is 0 Å². The molecule has 0 radical (unpaired) electrons. The Balaban J connectivity index is 1.68. The van der Waals surface area contributed by atoms with E-state index in [0.717, 1.165) is 36.9 Å². The number of H-pyrrole nitrogens is 1. The van der Waals surface area contributed by atoms with Gasteiger partial charge in [-0.25, -0.2) is 5.43 Å². The van der Waals surface area contributed by atoms with Crippen LogP contribution in [-0.4, -0.2) is 27.2 Å². The van der Waals surface area contributed by atoms with Gasteiger partial charge >= 0.3 is 0 Å². The number of rotatable bonds is 6. The fourth-order valence-corrected chi connectivity index (χ4v) is 3.54. The van der Waals surface area contributed by atoms with Gasteiger partial charge in [0.2, 0.25) is 0 Å². The quantitative estimate of drug-likeness (QED) is 0.450. The molecule has 0 bridgehead atoms. The number of nitrogens with zero attached hydrogens (tertiary/aromatic N) is 3. The highest BCUT2D eigenvalue weighted by Gasteiger charge is 2.34. The molecule has 1 heterocycles. The topological polar surface area (TPSA) is 113 Å². The highest BCUT2D eigenvalue weighted by molar-refractivity contribution is 5.94. The lowest BCUT2D eigenvalue weighted by Crippen LogP contribution is -2.30. The first-order chi connectivity index (χ1) is 13.3. The minimum Gasteiger partial charge on any atom is -0.281 e. The van der Waals surface area contributed by atoms with Gasteiger partial charge in [0.05, 0.1) is 11.1 Å². The Labute approximate surface area is 163 Å². The number of hydrogen-bond donors (Lipinski definition) is 2. The van der Waals surface area contributed by atoms with Gasteiger partial charge in [0.15, 0.2) is 5.69 Å². The van der Waals surface area contributed by atoms with Crippen LogP contribution >= 0.6 is 0 Å². The monoisotopic (exact) mass is 383 g/mol. The van der Waals surface area contributed by atoms with Gasteiger partial charge in [-0.3, -0.25) is 20.0 Å². The molecular formula is C20H25N5O3. The van der Waals surface area contributed by atoms with Crippen molar-refractivity contribution in [3.63, 3.8) is 0 Å². The van der Waals surface area contributed by atoms with E-state index in [4.69, 9.17) is 0 Å². The third-order valence-corrected chi connectivity index (χ3v) is 5.86. The number of aromatic nitrogens is 2. The van der Waals surface area contributed by atoms with Crippen molar-refractivity contribution < 1.29 is 9.72 Å². The van der Waals surface area contributed by atoms with Crippen LogP contribution in [-0.2, 0) is 12.8 Å². The van der Waals surface area contributed by atoms with E-state index in [9.17, 15) is 14.9 Å². The summed E-state index contributed by atoms with van der Waals surface area (Å²) in [5.41, 5.74) is 5.80. The number of carbonyl (C=O) groups is 1. The third-order valence-electron chi connectivity index (χ3n) is 5.86. The fourth-order valence-electron chi connectivity index (χ4n) is 3.54. The largest absolute Gasteiger partial charge is 0.292 e. The first kappa shape index (κ1) is 19.7. The number of nitro benzene ring substituents is 1. The smallest absolute Gasteiger partial charge is 0.281 e. The van der Waals surface area contributed by atoms with Crippen molar-refractivity contribution >= 4 is 17.8 Å². The first-order valence-electron chi connectivity index (χ1n) is 9.45. The van der Waals surface area contributed by atoms with Crippen LogP contribution in [0.25, 0.3) is 0 Å². The van der Waals surface area contributed by atoms with Crippen LogP contribution in [0.1, 0.15) is 60.9 Å². The van der Waals surface area contributed by atoms with E-state index in [1.54, 1.807) is 12.1 Å². The van der Waals surface area contributed by atoms with Crippen molar-refractivity contribution in [2.75, 3.05) is 0 Å². The Hall–Kier alpha value is -3.03. The summed E-state index contributed by atoms with van der Waals surface area (Å²) in [4.78, 5) is 22.8.